The van der Waals surface area contributed by atoms with Crippen LogP contribution >= 0.6 is 11.8 Å². The molecule has 18 heteroatoms. The third-order valence-corrected chi connectivity index (χ3v) is 6.66. The van der Waals surface area contributed by atoms with Crippen LogP contribution in [0.4, 0.5) is 16.2 Å². The zero-order chi connectivity index (χ0) is 31.9. The monoisotopic (exact) mass is 621 g/mol. The van der Waals surface area contributed by atoms with Gasteiger partial charge in [-0.2, -0.15) is 0 Å². The number of aliphatic carboxylic acids is 1. The molecule has 0 radical (unpaired) electrons. The van der Waals surface area contributed by atoms with Crippen molar-refractivity contribution in [3.05, 3.63) is 74.3 Å². The number of hydrogen-bond donors (Lipinski definition) is 4. The summed E-state index contributed by atoms with van der Waals surface area (Å²) in [6, 6.07) is 8.61. The molecule has 230 valence electrons. The molecule has 3 amide bonds. The number of non-ortho nitro benzene ring substituents is 1. The topological polar surface area (TPSA) is 246 Å². The van der Waals surface area contributed by atoms with Crippen molar-refractivity contribution in [3.63, 3.8) is 0 Å². The molecular weight excluding hydrogens is 594 g/mol. The predicted octanol–water partition coefficient (Wildman–Crippen LogP) is 1.53. The second kappa shape index (κ2) is 16.9. The van der Waals surface area contributed by atoms with Crippen molar-refractivity contribution in [2.75, 3.05) is 19.4 Å². The number of nitro groups is 2. The number of carbonyl (C=O) groups excluding carboxylic acids is 4. The van der Waals surface area contributed by atoms with E-state index < -0.39 is 76.1 Å². The van der Waals surface area contributed by atoms with Crippen molar-refractivity contribution in [3.8, 4) is 0 Å². The Morgan fingerprint density at radius 1 is 0.977 bits per heavy atom. The SMILES string of the molecule is COC(=O)CNC(=O)[C@H](CSc1ccc([N+](=O)[O-])cc1[N+](=O)[O-])NC(=O)CC[C@H](NC(=O)OCc1ccccc1)C(=O)O. The maximum absolute atomic E-state index is 12.7. The molecule has 0 fully saturated rings. The number of methoxy groups -OCH3 is 1. The van der Waals surface area contributed by atoms with Gasteiger partial charge in [0.05, 0.1) is 27.9 Å². The molecule has 2 rings (SSSR count). The van der Waals surface area contributed by atoms with E-state index in [1.807, 2.05) is 0 Å². The second-order valence-corrected chi connectivity index (χ2v) is 9.59. The van der Waals surface area contributed by atoms with Crippen LogP contribution in [0.5, 0.6) is 0 Å². The Balaban J connectivity index is 2.05. The van der Waals surface area contributed by atoms with Crippen LogP contribution in [0.2, 0.25) is 0 Å². The Morgan fingerprint density at radius 3 is 2.28 bits per heavy atom. The Kier molecular flexibility index (Phi) is 13.3. The molecule has 0 saturated carbocycles. The first-order valence-electron chi connectivity index (χ1n) is 12.3. The number of hydrogen-bond acceptors (Lipinski definition) is 12. The van der Waals surface area contributed by atoms with Gasteiger partial charge in [0, 0.05) is 18.2 Å². The molecule has 0 saturated heterocycles. The summed E-state index contributed by atoms with van der Waals surface area (Å²) >= 11 is 0.732. The van der Waals surface area contributed by atoms with E-state index in [-0.39, 0.29) is 23.7 Å². The van der Waals surface area contributed by atoms with E-state index in [0.29, 0.717) is 5.56 Å². The van der Waals surface area contributed by atoms with Gasteiger partial charge in [0.2, 0.25) is 11.8 Å². The molecule has 0 aliphatic heterocycles. The van der Waals surface area contributed by atoms with Crippen LogP contribution in [0.1, 0.15) is 18.4 Å². The lowest BCUT2D eigenvalue weighted by molar-refractivity contribution is -0.396. The van der Waals surface area contributed by atoms with Crippen LogP contribution in [-0.4, -0.2) is 76.3 Å². The van der Waals surface area contributed by atoms with E-state index in [2.05, 4.69) is 20.7 Å². The Bertz CT molecular complexity index is 1360. The molecule has 0 aromatic heterocycles. The number of nitrogens with zero attached hydrogens (tertiary/aromatic N) is 2. The summed E-state index contributed by atoms with van der Waals surface area (Å²) < 4.78 is 9.44. The van der Waals surface area contributed by atoms with Gasteiger partial charge in [-0.3, -0.25) is 34.6 Å². The summed E-state index contributed by atoms with van der Waals surface area (Å²) in [5.74, 6) is -4.25. The predicted molar refractivity (Wildman–Crippen MR) is 148 cm³/mol. The van der Waals surface area contributed by atoms with Crippen LogP contribution < -0.4 is 16.0 Å². The minimum atomic E-state index is -1.52. The second-order valence-electron chi connectivity index (χ2n) is 8.53. The quantitative estimate of drug-likeness (QED) is 0.0900. The van der Waals surface area contributed by atoms with Crippen molar-refractivity contribution >= 4 is 53.0 Å². The maximum atomic E-state index is 12.7. The molecule has 4 N–H and O–H groups in total. The summed E-state index contributed by atoms with van der Waals surface area (Å²) in [5, 5.41) is 38.6. The standard InChI is InChI=1S/C25H27N5O12S/c1-41-22(32)12-26-23(33)18(14-43-20-9-7-16(29(37)38)11-19(20)30(39)40)27-21(31)10-8-17(24(34)35)28-25(36)42-13-15-5-3-2-4-6-15/h2-7,9,11,17-18H,8,10,12-14H2,1H3,(H,26,33)(H,27,31)(H,28,36)(H,34,35)/t17-,18-/m0/s1. The fourth-order valence-electron chi connectivity index (χ4n) is 3.30. The molecule has 2 aromatic carbocycles. The molecule has 0 aliphatic carbocycles. The minimum absolute atomic E-state index is 0.0419. The number of rotatable bonds is 16. The number of alkyl carbamates (subject to hydrolysis) is 1. The highest BCUT2D eigenvalue weighted by atomic mass is 32.2. The molecule has 2 atom stereocenters. The van der Waals surface area contributed by atoms with Crippen LogP contribution in [0.3, 0.4) is 0 Å². The van der Waals surface area contributed by atoms with E-state index >= 15 is 0 Å². The summed E-state index contributed by atoms with van der Waals surface area (Å²) in [6.07, 6.45) is -1.89. The smallest absolute Gasteiger partial charge is 0.408 e. The Morgan fingerprint density at radius 2 is 1.67 bits per heavy atom. The molecule has 0 unspecified atom stereocenters. The van der Waals surface area contributed by atoms with E-state index in [1.165, 1.54) is 0 Å². The van der Waals surface area contributed by atoms with E-state index in [4.69, 9.17) is 4.74 Å². The molecule has 43 heavy (non-hydrogen) atoms. The average Bonchev–Trinajstić information content (AvgIpc) is 2.98. The van der Waals surface area contributed by atoms with Crippen LogP contribution in [0.25, 0.3) is 0 Å². The Hall–Kier alpha value is -5.26. The zero-order valence-corrected chi connectivity index (χ0v) is 23.4. The van der Waals surface area contributed by atoms with Gasteiger partial charge in [0.25, 0.3) is 11.4 Å². The van der Waals surface area contributed by atoms with Gasteiger partial charge in [-0.15, -0.1) is 11.8 Å². The van der Waals surface area contributed by atoms with Crippen LogP contribution in [0, 0.1) is 20.2 Å². The number of nitrogens with one attached hydrogen (secondary N) is 3. The van der Waals surface area contributed by atoms with Gasteiger partial charge >= 0.3 is 18.0 Å². The van der Waals surface area contributed by atoms with E-state index in [1.54, 1.807) is 30.3 Å². The third kappa shape index (κ3) is 11.6. The van der Waals surface area contributed by atoms with Gasteiger partial charge in [0.15, 0.2) is 0 Å². The van der Waals surface area contributed by atoms with Crippen LogP contribution in [-0.2, 0) is 35.3 Å². The van der Waals surface area contributed by atoms with Gasteiger partial charge in [-0.25, -0.2) is 9.59 Å². The maximum Gasteiger partial charge on any atom is 0.408 e. The number of amides is 3. The molecule has 0 spiro atoms. The first-order chi connectivity index (χ1) is 20.4. The summed E-state index contributed by atoms with van der Waals surface area (Å²) in [5.41, 5.74) is -0.464. The number of nitro benzene ring substituents is 2. The van der Waals surface area contributed by atoms with Gasteiger partial charge in [-0.05, 0) is 18.1 Å². The number of carboxylic acid groups (broad SMARTS) is 1. The number of thioether (sulfide) groups is 1. The third-order valence-electron chi connectivity index (χ3n) is 5.50. The molecular formula is C25H27N5O12S. The normalized spacial score (nSPS) is 11.7. The number of benzene rings is 2. The van der Waals surface area contributed by atoms with Crippen molar-refractivity contribution in [1.82, 2.24) is 16.0 Å². The minimum Gasteiger partial charge on any atom is -0.480 e. The highest BCUT2D eigenvalue weighted by molar-refractivity contribution is 7.99. The largest absolute Gasteiger partial charge is 0.480 e. The van der Waals surface area contributed by atoms with Gasteiger partial charge in [0.1, 0.15) is 25.2 Å². The Labute approximate surface area is 247 Å². The summed E-state index contributed by atoms with van der Waals surface area (Å²) in [4.78, 5) is 81.3. The zero-order valence-electron chi connectivity index (χ0n) is 22.5. The summed E-state index contributed by atoms with van der Waals surface area (Å²) in [6.45, 7) is -0.674. The average molecular weight is 622 g/mol. The van der Waals surface area contributed by atoms with Crippen molar-refractivity contribution in [2.45, 2.75) is 36.4 Å². The molecule has 0 bridgehead atoms. The highest BCUT2D eigenvalue weighted by Gasteiger charge is 2.27. The fraction of sp³-hybridized carbons (Fsp3) is 0.320. The van der Waals surface area contributed by atoms with Crippen molar-refractivity contribution < 1.29 is 48.4 Å². The van der Waals surface area contributed by atoms with Crippen LogP contribution in [0.15, 0.2) is 53.4 Å². The first kappa shape index (κ1) is 33.9. The highest BCUT2D eigenvalue weighted by Crippen LogP contribution is 2.32. The molecule has 17 nitrogen and oxygen atoms in total. The van der Waals surface area contributed by atoms with E-state index in [9.17, 15) is 49.3 Å². The lowest BCUT2D eigenvalue weighted by Crippen LogP contribution is -2.50. The number of carboxylic acids is 1. The fourth-order valence-corrected chi connectivity index (χ4v) is 4.33. The molecule has 2 aromatic rings. The molecule has 0 aliphatic rings. The van der Waals surface area contributed by atoms with Crippen molar-refractivity contribution in [2.24, 2.45) is 0 Å². The van der Waals surface area contributed by atoms with Crippen molar-refractivity contribution in [1.29, 1.82) is 0 Å². The van der Waals surface area contributed by atoms with E-state index in [0.717, 1.165) is 37.1 Å². The van der Waals surface area contributed by atoms with Gasteiger partial charge in [-0.1, -0.05) is 30.3 Å². The lowest BCUT2D eigenvalue weighted by Gasteiger charge is -2.19. The summed E-state index contributed by atoms with van der Waals surface area (Å²) in [7, 11) is 1.09. The lowest BCUT2D eigenvalue weighted by atomic mass is 10.1. The molecule has 0 heterocycles. The number of ether oxygens (including phenoxy) is 2. The number of carbonyl (C=O) groups is 5. The van der Waals surface area contributed by atoms with Gasteiger partial charge < -0.3 is 30.5 Å². The number of esters is 1. The first-order valence-corrected chi connectivity index (χ1v) is 13.3.